The molecule has 1 atom stereocenters. The van der Waals surface area contributed by atoms with Crippen molar-refractivity contribution in [3.63, 3.8) is 0 Å². The molecule has 0 bridgehead atoms. The molecule has 1 aliphatic rings. The molecule has 4 amide bonds. The number of unbranched alkanes of at least 4 members (excludes halogenated alkanes) is 4. The van der Waals surface area contributed by atoms with Crippen LogP contribution in [0.3, 0.4) is 0 Å². The summed E-state index contributed by atoms with van der Waals surface area (Å²) >= 11 is 0. The normalized spacial score (nSPS) is 14.5. The number of carbonyl (C=O) groups excluding carboxylic acids is 4. The number of primary amides is 1. The number of carbonyl (C=O) groups is 4. The fourth-order valence-electron chi connectivity index (χ4n) is 5.21. The largest absolute Gasteiger partial charge is 0.368 e. The SMILES string of the molecule is CCCCCCCC(=O)Nc1ccc2c(c1)C(=O)N(CCC(=O)N(CCN(C)C)CC(N)=O)C(c1ccc(F)c(F)c1)C2. The van der Waals surface area contributed by atoms with E-state index in [-0.39, 0.29) is 37.9 Å². The maximum absolute atomic E-state index is 14.2. The number of halogens is 2. The van der Waals surface area contributed by atoms with Gasteiger partial charge in [0.1, 0.15) is 0 Å². The number of fused-ring (bicyclic) bond motifs is 1. The van der Waals surface area contributed by atoms with Crippen molar-refractivity contribution in [1.82, 2.24) is 14.7 Å². The van der Waals surface area contributed by atoms with Crippen molar-refractivity contribution in [3.05, 3.63) is 64.7 Å². The maximum atomic E-state index is 14.2. The van der Waals surface area contributed by atoms with Gasteiger partial charge in [-0.15, -0.1) is 0 Å². The van der Waals surface area contributed by atoms with Crippen LogP contribution in [0.5, 0.6) is 0 Å². The van der Waals surface area contributed by atoms with Crippen LogP contribution in [-0.2, 0) is 20.8 Å². The second kappa shape index (κ2) is 16.1. The van der Waals surface area contributed by atoms with Gasteiger partial charge in [-0.05, 0) is 62.3 Å². The Balaban J connectivity index is 1.82. The maximum Gasteiger partial charge on any atom is 0.254 e. The van der Waals surface area contributed by atoms with Gasteiger partial charge in [0.15, 0.2) is 11.6 Å². The summed E-state index contributed by atoms with van der Waals surface area (Å²) in [5, 5.41) is 2.87. The first kappa shape index (κ1) is 33.6. The second-order valence-corrected chi connectivity index (χ2v) is 11.3. The molecular formula is C32H43F2N5O4. The van der Waals surface area contributed by atoms with E-state index in [4.69, 9.17) is 5.73 Å². The smallest absolute Gasteiger partial charge is 0.254 e. The molecule has 0 saturated carbocycles. The van der Waals surface area contributed by atoms with Gasteiger partial charge in [-0.1, -0.05) is 44.7 Å². The van der Waals surface area contributed by atoms with Gasteiger partial charge in [0.05, 0.1) is 12.6 Å². The first-order valence-corrected chi connectivity index (χ1v) is 14.9. The molecule has 3 N–H and O–H groups in total. The highest BCUT2D eigenvalue weighted by Gasteiger charge is 2.34. The van der Waals surface area contributed by atoms with E-state index in [0.29, 0.717) is 41.8 Å². The Labute approximate surface area is 252 Å². The van der Waals surface area contributed by atoms with Gasteiger partial charge in [-0.25, -0.2) is 8.78 Å². The minimum Gasteiger partial charge on any atom is -0.368 e. The fourth-order valence-corrected chi connectivity index (χ4v) is 5.21. The van der Waals surface area contributed by atoms with Crippen molar-refractivity contribution in [3.8, 4) is 0 Å². The van der Waals surface area contributed by atoms with Crippen LogP contribution in [0.4, 0.5) is 14.5 Å². The van der Waals surface area contributed by atoms with Gasteiger partial charge in [-0.3, -0.25) is 19.2 Å². The van der Waals surface area contributed by atoms with Gasteiger partial charge in [0.2, 0.25) is 17.7 Å². The number of benzene rings is 2. The Morgan fingerprint density at radius 2 is 1.72 bits per heavy atom. The number of hydrogen-bond acceptors (Lipinski definition) is 5. The molecule has 0 aliphatic carbocycles. The number of amides is 4. The van der Waals surface area contributed by atoms with Gasteiger partial charge >= 0.3 is 0 Å². The molecule has 0 fully saturated rings. The summed E-state index contributed by atoms with van der Waals surface area (Å²) in [6.07, 6.45) is 5.71. The molecule has 0 radical (unpaired) electrons. The lowest BCUT2D eigenvalue weighted by atomic mass is 9.88. The zero-order chi connectivity index (χ0) is 31.5. The van der Waals surface area contributed by atoms with Crippen LogP contribution < -0.4 is 11.1 Å². The first-order chi connectivity index (χ1) is 20.5. The molecule has 0 spiro atoms. The topological polar surface area (TPSA) is 116 Å². The Bertz CT molecular complexity index is 1300. The highest BCUT2D eigenvalue weighted by Crippen LogP contribution is 2.35. The lowest BCUT2D eigenvalue weighted by molar-refractivity contribution is -0.135. The third-order valence-electron chi connectivity index (χ3n) is 7.59. The molecule has 43 heavy (non-hydrogen) atoms. The number of rotatable bonds is 16. The number of hydrogen-bond donors (Lipinski definition) is 2. The molecule has 3 rings (SSSR count). The van der Waals surface area contributed by atoms with Crippen LogP contribution in [0, 0.1) is 11.6 Å². The fraction of sp³-hybridized carbons (Fsp3) is 0.500. The van der Waals surface area contributed by atoms with Crippen LogP contribution in [0.1, 0.15) is 79.4 Å². The molecule has 1 aliphatic heterocycles. The van der Waals surface area contributed by atoms with Crippen molar-refractivity contribution in [2.45, 2.75) is 64.3 Å². The molecule has 11 heteroatoms. The predicted octanol–water partition coefficient (Wildman–Crippen LogP) is 4.27. The molecular weight excluding hydrogens is 556 g/mol. The summed E-state index contributed by atoms with van der Waals surface area (Å²) in [4.78, 5) is 55.9. The van der Waals surface area contributed by atoms with Crippen LogP contribution in [0.25, 0.3) is 0 Å². The number of likely N-dealkylation sites (N-methyl/N-ethyl adjacent to an activating group) is 1. The predicted molar refractivity (Wildman–Crippen MR) is 161 cm³/mol. The molecule has 2 aromatic rings. The van der Waals surface area contributed by atoms with Crippen molar-refractivity contribution < 1.29 is 28.0 Å². The summed E-state index contributed by atoms with van der Waals surface area (Å²) in [6, 6.07) is 7.98. The highest BCUT2D eigenvalue weighted by molar-refractivity contribution is 6.00. The van der Waals surface area contributed by atoms with Gasteiger partial charge in [0, 0.05) is 43.7 Å². The minimum atomic E-state index is -1.03. The van der Waals surface area contributed by atoms with Crippen LogP contribution >= 0.6 is 0 Å². The first-order valence-electron chi connectivity index (χ1n) is 14.9. The standard InChI is InChI=1S/C32H43F2N5O4/c1-4-5-6-7-8-9-30(41)36-24-12-10-22-19-28(23-11-13-26(33)27(34)18-23)39(32(43)25(22)20-24)15-14-31(42)38(21-29(35)40)17-16-37(2)3/h10-13,18,20,28H,4-9,14-17,19,21H2,1-3H3,(H2,35,40)(H,36,41). The van der Waals surface area contributed by atoms with Crippen LogP contribution in [-0.4, -0.2) is 78.6 Å². The number of nitrogens with zero attached hydrogens (tertiary/aromatic N) is 3. The molecule has 2 aromatic carbocycles. The molecule has 234 valence electrons. The Morgan fingerprint density at radius 3 is 2.40 bits per heavy atom. The van der Waals surface area contributed by atoms with E-state index in [1.165, 1.54) is 15.9 Å². The lowest BCUT2D eigenvalue weighted by Crippen LogP contribution is -2.45. The van der Waals surface area contributed by atoms with Crippen molar-refractivity contribution in [1.29, 1.82) is 0 Å². The zero-order valence-electron chi connectivity index (χ0n) is 25.3. The third-order valence-corrected chi connectivity index (χ3v) is 7.59. The average molecular weight is 600 g/mol. The third kappa shape index (κ3) is 9.84. The molecule has 9 nitrogen and oxygen atoms in total. The summed E-state index contributed by atoms with van der Waals surface area (Å²) in [7, 11) is 3.68. The van der Waals surface area contributed by atoms with Gasteiger partial charge < -0.3 is 25.8 Å². The number of nitrogens with two attached hydrogens (primary N) is 1. The molecule has 0 aromatic heterocycles. The lowest BCUT2D eigenvalue weighted by Gasteiger charge is -2.37. The Kier molecular flexibility index (Phi) is 12.6. The summed E-state index contributed by atoms with van der Waals surface area (Å²) in [6.45, 7) is 2.65. The van der Waals surface area contributed by atoms with E-state index in [0.717, 1.165) is 44.2 Å². The highest BCUT2D eigenvalue weighted by atomic mass is 19.2. The minimum absolute atomic E-state index is 0.0215. The Morgan fingerprint density at radius 1 is 0.977 bits per heavy atom. The number of anilines is 1. The van der Waals surface area contributed by atoms with E-state index < -0.39 is 29.5 Å². The van der Waals surface area contributed by atoms with E-state index in [9.17, 15) is 28.0 Å². The van der Waals surface area contributed by atoms with E-state index in [1.807, 2.05) is 19.0 Å². The number of nitrogens with one attached hydrogen (secondary N) is 1. The quantitative estimate of drug-likeness (QED) is 0.280. The molecule has 0 saturated heterocycles. The van der Waals surface area contributed by atoms with Gasteiger partial charge in [-0.2, -0.15) is 0 Å². The summed E-state index contributed by atoms with van der Waals surface area (Å²) in [5.74, 6) is -3.56. The van der Waals surface area contributed by atoms with E-state index in [2.05, 4.69) is 12.2 Å². The average Bonchev–Trinajstić information content (AvgIpc) is 2.95. The summed E-state index contributed by atoms with van der Waals surface area (Å²) in [5.41, 5.74) is 7.31. The van der Waals surface area contributed by atoms with Crippen molar-refractivity contribution in [2.75, 3.05) is 45.6 Å². The van der Waals surface area contributed by atoms with Crippen LogP contribution in [0.2, 0.25) is 0 Å². The molecule has 1 unspecified atom stereocenters. The zero-order valence-corrected chi connectivity index (χ0v) is 25.3. The second-order valence-electron chi connectivity index (χ2n) is 11.3. The van der Waals surface area contributed by atoms with E-state index in [1.54, 1.807) is 18.2 Å². The van der Waals surface area contributed by atoms with Crippen molar-refractivity contribution in [2.24, 2.45) is 5.73 Å². The summed E-state index contributed by atoms with van der Waals surface area (Å²) < 4.78 is 28.0. The monoisotopic (exact) mass is 599 g/mol. The molecule has 1 heterocycles. The van der Waals surface area contributed by atoms with Crippen molar-refractivity contribution >= 4 is 29.3 Å². The van der Waals surface area contributed by atoms with E-state index >= 15 is 0 Å². The van der Waals surface area contributed by atoms with Crippen LogP contribution in [0.15, 0.2) is 36.4 Å². The Hall–Kier alpha value is -3.86. The van der Waals surface area contributed by atoms with Gasteiger partial charge in [0.25, 0.3) is 5.91 Å².